The normalized spacial score (nSPS) is 20.6. The molecule has 0 aromatic heterocycles. The maximum absolute atomic E-state index is 12.5. The van der Waals surface area contributed by atoms with Crippen molar-refractivity contribution in [3.8, 4) is 11.1 Å². The van der Waals surface area contributed by atoms with Crippen molar-refractivity contribution in [1.82, 2.24) is 10.6 Å². The minimum Gasteiger partial charge on any atom is -0.481 e. The fourth-order valence-electron chi connectivity index (χ4n) is 5.11. The van der Waals surface area contributed by atoms with Gasteiger partial charge in [-0.1, -0.05) is 48.5 Å². The number of carbonyl (C=O) groups is 3. The fraction of sp³-hybridized carbons (Fsp3) is 0.444. The van der Waals surface area contributed by atoms with Crippen LogP contribution in [0.2, 0.25) is 0 Å². The molecule has 0 spiro atoms. The van der Waals surface area contributed by atoms with E-state index in [-0.39, 0.29) is 30.4 Å². The van der Waals surface area contributed by atoms with E-state index in [2.05, 4.69) is 34.9 Å². The molecular weight excluding hydrogens is 432 g/mol. The largest absolute Gasteiger partial charge is 0.481 e. The molecule has 0 saturated heterocycles. The second-order valence-electron chi connectivity index (χ2n) is 9.53. The Morgan fingerprint density at radius 3 is 2.24 bits per heavy atom. The Morgan fingerprint density at radius 1 is 1.00 bits per heavy atom. The van der Waals surface area contributed by atoms with Crippen LogP contribution in [0.3, 0.4) is 0 Å². The third kappa shape index (κ3) is 5.24. The Hall–Kier alpha value is -3.35. The summed E-state index contributed by atoms with van der Waals surface area (Å²) >= 11 is 0. The number of rotatable bonds is 8. The van der Waals surface area contributed by atoms with E-state index < -0.39 is 24.0 Å². The molecule has 0 bridgehead atoms. The first-order valence-corrected chi connectivity index (χ1v) is 12.0. The van der Waals surface area contributed by atoms with Crippen molar-refractivity contribution < 1.29 is 24.2 Å². The van der Waals surface area contributed by atoms with Gasteiger partial charge in [-0.25, -0.2) is 4.79 Å². The number of carbonyl (C=O) groups excluding carboxylic acids is 2. The van der Waals surface area contributed by atoms with Crippen LogP contribution in [0.5, 0.6) is 0 Å². The van der Waals surface area contributed by atoms with Crippen LogP contribution in [0, 0.1) is 11.8 Å². The van der Waals surface area contributed by atoms with Gasteiger partial charge in [0.1, 0.15) is 6.61 Å². The van der Waals surface area contributed by atoms with Gasteiger partial charge in [-0.2, -0.15) is 0 Å². The maximum Gasteiger partial charge on any atom is 0.407 e. The number of amides is 2. The molecule has 4 atom stereocenters. The van der Waals surface area contributed by atoms with Crippen LogP contribution in [0.15, 0.2) is 48.5 Å². The van der Waals surface area contributed by atoms with Crippen LogP contribution >= 0.6 is 0 Å². The molecule has 34 heavy (non-hydrogen) atoms. The highest BCUT2D eigenvalue weighted by Crippen LogP contribution is 2.44. The molecule has 1 saturated carbocycles. The summed E-state index contributed by atoms with van der Waals surface area (Å²) in [7, 11) is 0. The summed E-state index contributed by atoms with van der Waals surface area (Å²) in [5.74, 6) is -1.54. The lowest BCUT2D eigenvalue weighted by atomic mass is 9.98. The van der Waals surface area contributed by atoms with Gasteiger partial charge in [0.25, 0.3) is 0 Å². The molecule has 2 aromatic rings. The zero-order valence-electron chi connectivity index (χ0n) is 19.6. The first-order valence-electron chi connectivity index (χ1n) is 12.0. The highest BCUT2D eigenvalue weighted by atomic mass is 16.5. The van der Waals surface area contributed by atoms with Crippen molar-refractivity contribution in [1.29, 1.82) is 0 Å². The number of fused-ring (bicyclic) bond motifs is 3. The average molecular weight is 465 g/mol. The third-order valence-electron chi connectivity index (χ3n) is 7.21. The Morgan fingerprint density at radius 2 is 1.62 bits per heavy atom. The Labute approximate surface area is 199 Å². The lowest BCUT2D eigenvalue weighted by Gasteiger charge is -2.19. The van der Waals surface area contributed by atoms with Gasteiger partial charge in [-0.3, -0.25) is 9.59 Å². The molecule has 2 aromatic carbocycles. The van der Waals surface area contributed by atoms with E-state index >= 15 is 0 Å². The fourth-order valence-corrected chi connectivity index (χ4v) is 5.11. The van der Waals surface area contributed by atoms with Gasteiger partial charge < -0.3 is 20.5 Å². The van der Waals surface area contributed by atoms with E-state index in [4.69, 9.17) is 9.84 Å². The molecule has 2 amide bonds. The van der Waals surface area contributed by atoms with E-state index in [1.165, 1.54) is 22.3 Å². The van der Waals surface area contributed by atoms with E-state index in [0.29, 0.717) is 12.8 Å². The van der Waals surface area contributed by atoms with Gasteiger partial charge in [0.15, 0.2) is 0 Å². The molecule has 7 nitrogen and oxygen atoms in total. The topological polar surface area (TPSA) is 105 Å². The summed E-state index contributed by atoms with van der Waals surface area (Å²) in [5, 5.41) is 14.8. The predicted molar refractivity (Wildman–Crippen MR) is 128 cm³/mol. The maximum atomic E-state index is 12.5. The Bertz CT molecular complexity index is 1020. The summed E-state index contributed by atoms with van der Waals surface area (Å²) in [6, 6.07) is 16.0. The number of alkyl carbamates (subject to hydrolysis) is 1. The lowest BCUT2D eigenvalue weighted by Crippen LogP contribution is -2.40. The summed E-state index contributed by atoms with van der Waals surface area (Å²) in [6.45, 7) is 3.56. The molecule has 3 N–H and O–H groups in total. The van der Waals surface area contributed by atoms with Crippen molar-refractivity contribution in [2.75, 3.05) is 6.61 Å². The van der Waals surface area contributed by atoms with Crippen LogP contribution in [-0.4, -0.2) is 41.8 Å². The SMILES string of the molecule is CC(NC(=O)C[C@@H]1CC[C@H](NC(=O)OCC2c3ccccc3-c3ccccc32)C1)C(C)C(=O)O. The second kappa shape index (κ2) is 10.3. The van der Waals surface area contributed by atoms with E-state index in [1.807, 2.05) is 24.3 Å². The smallest absolute Gasteiger partial charge is 0.407 e. The summed E-state index contributed by atoms with van der Waals surface area (Å²) < 4.78 is 5.63. The van der Waals surface area contributed by atoms with E-state index in [0.717, 1.165) is 12.8 Å². The van der Waals surface area contributed by atoms with Crippen LogP contribution in [-0.2, 0) is 14.3 Å². The number of hydrogen-bond acceptors (Lipinski definition) is 4. The van der Waals surface area contributed by atoms with Gasteiger partial charge in [0.05, 0.1) is 5.92 Å². The van der Waals surface area contributed by atoms with Crippen molar-refractivity contribution in [2.24, 2.45) is 11.8 Å². The molecule has 0 heterocycles. The predicted octanol–water partition coefficient (Wildman–Crippen LogP) is 4.31. The van der Waals surface area contributed by atoms with Crippen molar-refractivity contribution >= 4 is 18.0 Å². The van der Waals surface area contributed by atoms with Crippen LogP contribution in [0.1, 0.15) is 56.6 Å². The molecule has 2 unspecified atom stereocenters. The standard InChI is InChI=1S/C27H32N2O5/c1-16(26(31)32)17(2)28-25(30)14-18-11-12-19(13-18)29-27(33)34-15-24-22-9-5-3-7-20(22)21-8-4-6-10-23(21)24/h3-10,16-19,24H,11-15H2,1-2H3,(H,28,30)(H,29,33)(H,31,32)/t16?,17?,18-,19+/m1/s1. The monoisotopic (exact) mass is 464 g/mol. The minimum atomic E-state index is -0.930. The molecule has 2 aliphatic carbocycles. The molecule has 0 aliphatic heterocycles. The minimum absolute atomic E-state index is 0.0216. The van der Waals surface area contributed by atoms with Gasteiger partial charge in [0, 0.05) is 24.4 Å². The highest BCUT2D eigenvalue weighted by molar-refractivity contribution is 5.79. The molecule has 0 radical (unpaired) electrons. The number of nitrogens with one attached hydrogen (secondary N) is 2. The van der Waals surface area contributed by atoms with Gasteiger partial charge in [-0.05, 0) is 61.3 Å². The van der Waals surface area contributed by atoms with E-state index in [9.17, 15) is 14.4 Å². The first-order chi connectivity index (χ1) is 16.3. The Kier molecular flexibility index (Phi) is 7.20. The second-order valence-corrected chi connectivity index (χ2v) is 9.53. The number of benzene rings is 2. The van der Waals surface area contributed by atoms with Crippen molar-refractivity contribution in [2.45, 2.75) is 57.5 Å². The quantitative estimate of drug-likeness (QED) is 0.540. The Balaban J connectivity index is 1.24. The van der Waals surface area contributed by atoms with Crippen LogP contribution in [0.4, 0.5) is 4.79 Å². The zero-order valence-corrected chi connectivity index (χ0v) is 19.6. The third-order valence-corrected chi connectivity index (χ3v) is 7.21. The summed E-state index contributed by atoms with van der Waals surface area (Å²) in [6.07, 6.45) is 2.24. The van der Waals surface area contributed by atoms with Crippen LogP contribution in [0.25, 0.3) is 11.1 Å². The molecule has 7 heteroatoms. The number of hydrogen-bond donors (Lipinski definition) is 3. The van der Waals surface area contributed by atoms with Crippen LogP contribution < -0.4 is 10.6 Å². The number of carboxylic acids is 1. The summed E-state index contributed by atoms with van der Waals surface area (Å²) in [4.78, 5) is 35.9. The number of ether oxygens (including phenoxy) is 1. The number of aliphatic carboxylic acids is 1. The first kappa shape index (κ1) is 23.8. The zero-order chi connectivity index (χ0) is 24.2. The number of carboxylic acid groups (broad SMARTS) is 1. The average Bonchev–Trinajstić information content (AvgIpc) is 3.38. The molecular formula is C27H32N2O5. The molecule has 4 rings (SSSR count). The van der Waals surface area contributed by atoms with E-state index in [1.54, 1.807) is 13.8 Å². The molecule has 2 aliphatic rings. The van der Waals surface area contributed by atoms with Gasteiger partial charge >= 0.3 is 12.1 Å². The van der Waals surface area contributed by atoms with Crippen molar-refractivity contribution in [3.63, 3.8) is 0 Å². The van der Waals surface area contributed by atoms with Gasteiger partial charge in [0.2, 0.25) is 5.91 Å². The summed E-state index contributed by atoms with van der Waals surface area (Å²) in [5.41, 5.74) is 4.73. The van der Waals surface area contributed by atoms with Gasteiger partial charge in [-0.15, -0.1) is 0 Å². The molecule has 1 fully saturated rings. The molecule has 180 valence electrons. The van der Waals surface area contributed by atoms with Crippen molar-refractivity contribution in [3.05, 3.63) is 59.7 Å². The highest BCUT2D eigenvalue weighted by Gasteiger charge is 2.31. The lowest BCUT2D eigenvalue weighted by molar-refractivity contribution is -0.142.